The molecule has 0 radical (unpaired) electrons. The maximum absolute atomic E-state index is 14.3. The van der Waals surface area contributed by atoms with Gasteiger partial charge in [0, 0.05) is 5.56 Å². The lowest BCUT2D eigenvalue weighted by Gasteiger charge is -2.24. The summed E-state index contributed by atoms with van der Waals surface area (Å²) < 4.78 is 76.9. The van der Waals surface area contributed by atoms with Gasteiger partial charge < -0.3 is 14.8 Å². The van der Waals surface area contributed by atoms with Crippen LogP contribution >= 0.6 is 11.6 Å². The Bertz CT molecular complexity index is 1310. The molecule has 0 amide bonds. The number of nitriles is 1. The van der Waals surface area contributed by atoms with E-state index >= 15 is 0 Å². The van der Waals surface area contributed by atoms with Gasteiger partial charge in [0.25, 0.3) is 0 Å². The van der Waals surface area contributed by atoms with Crippen molar-refractivity contribution in [1.29, 1.82) is 5.26 Å². The van der Waals surface area contributed by atoms with E-state index in [0.29, 0.717) is 0 Å². The zero-order valence-corrected chi connectivity index (χ0v) is 20.2. The lowest BCUT2D eigenvalue weighted by molar-refractivity contribution is -0.149. The molecule has 0 aliphatic carbocycles. The van der Waals surface area contributed by atoms with Gasteiger partial charge in [0.15, 0.2) is 11.6 Å². The molecule has 0 saturated carbocycles. The van der Waals surface area contributed by atoms with Crippen molar-refractivity contribution in [1.82, 2.24) is 0 Å². The van der Waals surface area contributed by atoms with Gasteiger partial charge in [0.1, 0.15) is 23.7 Å². The van der Waals surface area contributed by atoms with Gasteiger partial charge in [-0.15, -0.1) is 0 Å². The number of anilines is 1. The lowest BCUT2D eigenvalue weighted by Crippen LogP contribution is -2.36. The van der Waals surface area contributed by atoms with Gasteiger partial charge in [-0.05, 0) is 60.5 Å². The molecule has 0 fully saturated rings. The fraction of sp³-hybridized carbons (Fsp3) is 0.231. The van der Waals surface area contributed by atoms with E-state index in [1.165, 1.54) is 24.3 Å². The number of hydrogen-bond donors (Lipinski definition) is 1. The minimum absolute atomic E-state index is 0.0654. The quantitative estimate of drug-likeness (QED) is 0.235. The molecule has 0 heterocycles. The van der Waals surface area contributed by atoms with Crippen molar-refractivity contribution < 1.29 is 36.2 Å². The molecule has 3 aromatic carbocycles. The van der Waals surface area contributed by atoms with Crippen LogP contribution in [0.25, 0.3) is 0 Å². The van der Waals surface area contributed by atoms with Crippen molar-refractivity contribution in [3.05, 3.63) is 88.4 Å². The highest BCUT2D eigenvalue weighted by Gasteiger charge is 2.32. The zero-order chi connectivity index (χ0) is 27.3. The Hall–Kier alpha value is -3.84. The number of nitrogens with zero attached hydrogens (tertiary/aromatic N) is 1. The first-order valence-corrected chi connectivity index (χ1v) is 11.2. The van der Waals surface area contributed by atoms with E-state index in [1.54, 1.807) is 13.8 Å². The van der Waals surface area contributed by atoms with Gasteiger partial charge in [-0.25, -0.2) is 13.6 Å². The molecule has 0 aliphatic heterocycles. The van der Waals surface area contributed by atoms with Crippen LogP contribution < -0.4 is 10.1 Å². The van der Waals surface area contributed by atoms with Crippen molar-refractivity contribution >= 4 is 23.3 Å². The van der Waals surface area contributed by atoms with Gasteiger partial charge in [0.05, 0.1) is 16.3 Å². The van der Waals surface area contributed by atoms with Crippen LogP contribution in [0.4, 0.5) is 27.6 Å². The van der Waals surface area contributed by atoms with Crippen molar-refractivity contribution in [2.45, 2.75) is 32.2 Å². The van der Waals surface area contributed by atoms with Crippen LogP contribution in [-0.2, 0) is 15.7 Å². The molecule has 0 spiro atoms. The third-order valence-corrected chi connectivity index (χ3v) is 5.49. The summed E-state index contributed by atoms with van der Waals surface area (Å²) in [5.41, 5.74) is -0.786. The number of carbonyl (C=O) groups excluding carboxylic acids is 1. The van der Waals surface area contributed by atoms with Crippen LogP contribution in [0.5, 0.6) is 11.5 Å². The molecule has 2 atom stereocenters. The van der Waals surface area contributed by atoms with E-state index < -0.39 is 47.4 Å². The van der Waals surface area contributed by atoms with Crippen LogP contribution in [0.2, 0.25) is 5.02 Å². The molecule has 37 heavy (non-hydrogen) atoms. The van der Waals surface area contributed by atoms with Crippen molar-refractivity contribution in [3.63, 3.8) is 0 Å². The van der Waals surface area contributed by atoms with Crippen molar-refractivity contribution in [2.75, 3.05) is 5.32 Å². The minimum Gasteiger partial charge on any atom is -0.454 e. The van der Waals surface area contributed by atoms with Crippen LogP contribution in [0, 0.1) is 28.9 Å². The van der Waals surface area contributed by atoms with E-state index in [2.05, 4.69) is 5.32 Å². The Balaban J connectivity index is 1.79. The third kappa shape index (κ3) is 7.11. The number of esters is 1. The second-order valence-corrected chi connectivity index (χ2v) is 8.66. The van der Waals surface area contributed by atoms with Crippen LogP contribution in [0.15, 0.2) is 60.7 Å². The Morgan fingerprint density at radius 1 is 1.03 bits per heavy atom. The Morgan fingerprint density at radius 2 is 1.70 bits per heavy atom. The summed E-state index contributed by atoms with van der Waals surface area (Å²) in [7, 11) is 0. The SMILES string of the molecule is CC(C)C(Nc1ccc(C(F)(F)F)cc1Cl)C(=O)OC(C#N)c1ccc(F)c(Oc2ccc(F)cc2)c1. The molecule has 0 bridgehead atoms. The standard InChI is InChI=1S/C26H20ClF5N2O3/c1-14(2)24(34-21-10-4-16(12-19(21)27)26(30,31)32)25(35)37-23(13-33)15-3-9-20(29)22(11-15)36-18-7-5-17(28)6-8-18/h3-12,14,23-24,34H,1-2H3. The second-order valence-electron chi connectivity index (χ2n) is 8.25. The molecule has 0 aromatic heterocycles. The van der Waals surface area contributed by atoms with Crippen LogP contribution in [0.3, 0.4) is 0 Å². The predicted molar refractivity (Wildman–Crippen MR) is 126 cm³/mol. The summed E-state index contributed by atoms with van der Waals surface area (Å²) in [6.07, 6.45) is -6.05. The minimum atomic E-state index is -4.59. The fourth-order valence-electron chi connectivity index (χ4n) is 3.22. The van der Waals surface area contributed by atoms with E-state index in [1.807, 2.05) is 6.07 Å². The maximum atomic E-state index is 14.3. The van der Waals surface area contributed by atoms with Crippen LogP contribution in [0.1, 0.15) is 31.1 Å². The number of alkyl halides is 3. The first-order chi connectivity index (χ1) is 17.4. The van der Waals surface area contributed by atoms with E-state index in [4.69, 9.17) is 21.1 Å². The van der Waals surface area contributed by atoms with Gasteiger partial charge in [0.2, 0.25) is 6.10 Å². The molecular weight excluding hydrogens is 519 g/mol. The first-order valence-electron chi connectivity index (χ1n) is 10.8. The topological polar surface area (TPSA) is 71.3 Å². The normalized spacial score (nSPS) is 13.0. The number of ether oxygens (including phenoxy) is 2. The monoisotopic (exact) mass is 538 g/mol. The zero-order valence-electron chi connectivity index (χ0n) is 19.4. The van der Waals surface area contributed by atoms with E-state index in [0.717, 1.165) is 36.4 Å². The number of benzene rings is 3. The highest BCUT2D eigenvalue weighted by atomic mass is 35.5. The molecule has 194 valence electrons. The Morgan fingerprint density at radius 3 is 2.27 bits per heavy atom. The molecule has 0 saturated heterocycles. The summed E-state index contributed by atoms with van der Waals surface area (Å²) >= 11 is 5.99. The van der Waals surface area contributed by atoms with E-state index in [-0.39, 0.29) is 27.8 Å². The molecule has 5 nitrogen and oxygen atoms in total. The van der Waals surface area contributed by atoms with Gasteiger partial charge in [-0.2, -0.15) is 18.4 Å². The number of hydrogen-bond acceptors (Lipinski definition) is 5. The average Bonchev–Trinajstić information content (AvgIpc) is 2.83. The summed E-state index contributed by atoms with van der Waals surface area (Å²) in [4.78, 5) is 12.9. The summed E-state index contributed by atoms with van der Waals surface area (Å²) in [5, 5.41) is 12.1. The average molecular weight is 539 g/mol. The molecule has 1 N–H and O–H groups in total. The van der Waals surface area contributed by atoms with Crippen LogP contribution in [-0.4, -0.2) is 12.0 Å². The molecule has 3 aromatic rings. The highest BCUT2D eigenvalue weighted by molar-refractivity contribution is 6.33. The fourth-order valence-corrected chi connectivity index (χ4v) is 3.46. The molecule has 11 heteroatoms. The highest BCUT2D eigenvalue weighted by Crippen LogP contribution is 2.35. The summed E-state index contributed by atoms with van der Waals surface area (Å²) in [6.45, 7) is 3.32. The summed E-state index contributed by atoms with van der Waals surface area (Å²) in [5.74, 6) is -2.73. The molecular formula is C26H20ClF5N2O3. The van der Waals surface area contributed by atoms with Gasteiger partial charge in [-0.1, -0.05) is 31.5 Å². The largest absolute Gasteiger partial charge is 0.454 e. The third-order valence-electron chi connectivity index (χ3n) is 5.18. The van der Waals surface area contributed by atoms with E-state index in [9.17, 15) is 32.0 Å². The van der Waals surface area contributed by atoms with Crippen molar-refractivity contribution in [2.24, 2.45) is 5.92 Å². The van der Waals surface area contributed by atoms with Gasteiger partial charge in [-0.3, -0.25) is 0 Å². The number of rotatable bonds is 8. The molecule has 0 aliphatic rings. The number of carbonyl (C=O) groups is 1. The number of halogens is 6. The van der Waals surface area contributed by atoms with Gasteiger partial charge >= 0.3 is 12.1 Å². The Kier molecular flexibility index (Phi) is 8.61. The maximum Gasteiger partial charge on any atom is 0.416 e. The van der Waals surface area contributed by atoms with Crippen molar-refractivity contribution in [3.8, 4) is 17.6 Å². The number of nitrogens with one attached hydrogen (secondary N) is 1. The predicted octanol–water partition coefficient (Wildman–Crippen LogP) is 7.67. The summed E-state index contributed by atoms with van der Waals surface area (Å²) in [6, 6.07) is 11.6. The molecule has 3 rings (SSSR count). The lowest BCUT2D eigenvalue weighted by atomic mass is 10.0. The molecule has 2 unspecified atom stereocenters. The second kappa shape index (κ2) is 11.5. The smallest absolute Gasteiger partial charge is 0.416 e. The Labute approximate surface area is 214 Å². The first kappa shape index (κ1) is 27.7.